The molecular weight excluding hydrogens is 336 g/mol. The zero-order chi connectivity index (χ0) is 19.0. The summed E-state index contributed by atoms with van der Waals surface area (Å²) in [5.41, 5.74) is 19.2. The first-order valence-electron chi connectivity index (χ1n) is 6.62. The zero-order valence-electron chi connectivity index (χ0n) is 12.7. The number of imide groups is 1. The number of hydrazine groups is 1. The van der Waals surface area contributed by atoms with E-state index < -0.39 is 36.3 Å². The van der Waals surface area contributed by atoms with E-state index in [2.05, 4.69) is 15.4 Å². The van der Waals surface area contributed by atoms with Gasteiger partial charge >= 0.3 is 12.0 Å². The minimum atomic E-state index is -1.45. The number of carboxylic acids is 1. The second kappa shape index (κ2) is 8.78. The van der Waals surface area contributed by atoms with E-state index in [1.54, 1.807) is 0 Å². The third-order valence-corrected chi connectivity index (χ3v) is 2.54. The van der Waals surface area contributed by atoms with E-state index in [0.717, 1.165) is 6.20 Å². The smallest absolute Gasteiger partial charge is 0.336 e. The average Bonchev–Trinajstić information content (AvgIpc) is 2.50. The van der Waals surface area contributed by atoms with Crippen molar-refractivity contribution in [3.05, 3.63) is 23.9 Å². The summed E-state index contributed by atoms with van der Waals surface area (Å²) >= 11 is 0. The molecule has 0 aliphatic rings. The van der Waals surface area contributed by atoms with Crippen molar-refractivity contribution >= 4 is 35.6 Å². The fraction of sp³-hybridized carbons (Fsp3) is 0.167. The third-order valence-electron chi connectivity index (χ3n) is 2.54. The lowest BCUT2D eigenvalue weighted by Crippen LogP contribution is -2.53. The minimum Gasteiger partial charge on any atom is -0.480 e. The van der Waals surface area contributed by atoms with E-state index in [4.69, 9.17) is 22.3 Å². The highest BCUT2D eigenvalue weighted by Crippen LogP contribution is 2.07. The molecule has 0 aliphatic heterocycles. The van der Waals surface area contributed by atoms with Crippen LogP contribution in [0.3, 0.4) is 0 Å². The predicted octanol–water partition coefficient (Wildman–Crippen LogP) is -2.74. The number of aromatic nitrogens is 1. The maximum atomic E-state index is 11.8. The summed E-state index contributed by atoms with van der Waals surface area (Å²) in [7, 11) is 0. The van der Waals surface area contributed by atoms with Gasteiger partial charge in [-0.2, -0.15) is 4.99 Å². The Morgan fingerprint density at radius 1 is 1.20 bits per heavy atom. The van der Waals surface area contributed by atoms with Crippen molar-refractivity contribution in [3.63, 3.8) is 0 Å². The molecular formula is C12H16N8O5. The number of aliphatic carboxylic acids is 1. The lowest BCUT2D eigenvalue weighted by Gasteiger charge is -2.13. The Morgan fingerprint density at radius 3 is 2.36 bits per heavy atom. The highest BCUT2D eigenvalue weighted by atomic mass is 16.4. The highest BCUT2D eigenvalue weighted by molar-refractivity contribution is 6.04. The van der Waals surface area contributed by atoms with Crippen LogP contribution in [0, 0.1) is 0 Å². The minimum absolute atomic E-state index is 0.0246. The molecule has 0 fully saturated rings. The van der Waals surface area contributed by atoms with Crippen LogP contribution in [0.1, 0.15) is 16.8 Å². The molecule has 13 nitrogen and oxygen atoms in total. The zero-order valence-corrected chi connectivity index (χ0v) is 12.7. The van der Waals surface area contributed by atoms with Crippen LogP contribution in [0.25, 0.3) is 0 Å². The first-order chi connectivity index (χ1) is 11.7. The van der Waals surface area contributed by atoms with Crippen molar-refractivity contribution in [2.75, 3.05) is 0 Å². The Hall–Kier alpha value is -3.74. The Kier molecular flexibility index (Phi) is 6.78. The second-order valence-electron chi connectivity index (χ2n) is 4.56. The number of primary amides is 1. The van der Waals surface area contributed by atoms with Gasteiger partial charge in [0.1, 0.15) is 6.04 Å². The molecule has 1 heterocycles. The number of urea groups is 1. The Bertz CT molecular complexity index is 698. The van der Waals surface area contributed by atoms with Crippen LogP contribution in [0.15, 0.2) is 23.3 Å². The van der Waals surface area contributed by atoms with E-state index in [1.165, 1.54) is 12.1 Å². The van der Waals surface area contributed by atoms with Crippen molar-refractivity contribution in [1.29, 1.82) is 0 Å². The number of hydrogen-bond acceptors (Lipinski definition) is 7. The summed E-state index contributed by atoms with van der Waals surface area (Å²) in [6.45, 7) is 0. The molecule has 0 saturated carbocycles. The van der Waals surface area contributed by atoms with Gasteiger partial charge in [-0.1, -0.05) is 0 Å². The Labute approximate surface area is 140 Å². The number of nitrogens with two attached hydrogens (primary N) is 3. The molecule has 0 spiro atoms. The molecule has 10 N–H and O–H groups in total. The second-order valence-corrected chi connectivity index (χ2v) is 4.56. The van der Waals surface area contributed by atoms with Crippen LogP contribution in [-0.4, -0.2) is 45.9 Å². The van der Waals surface area contributed by atoms with Crippen LogP contribution in [-0.2, 0) is 9.59 Å². The molecule has 1 aromatic rings. The molecule has 134 valence electrons. The lowest BCUT2D eigenvalue weighted by atomic mass is 10.2. The van der Waals surface area contributed by atoms with Gasteiger partial charge in [0.2, 0.25) is 5.91 Å². The van der Waals surface area contributed by atoms with Gasteiger partial charge in [0, 0.05) is 6.20 Å². The van der Waals surface area contributed by atoms with E-state index in [-0.39, 0.29) is 17.3 Å². The average molecular weight is 352 g/mol. The number of carbonyl (C=O) groups excluding carboxylic acids is 3. The summed E-state index contributed by atoms with van der Waals surface area (Å²) < 4.78 is 0. The van der Waals surface area contributed by atoms with Crippen LogP contribution in [0.4, 0.5) is 10.6 Å². The van der Waals surface area contributed by atoms with Gasteiger partial charge in [0.05, 0.1) is 12.0 Å². The van der Waals surface area contributed by atoms with E-state index in [9.17, 15) is 19.2 Å². The third kappa shape index (κ3) is 6.91. The molecule has 0 radical (unpaired) electrons. The van der Waals surface area contributed by atoms with Crippen molar-refractivity contribution in [2.45, 2.75) is 12.5 Å². The first-order valence-corrected chi connectivity index (χ1v) is 6.62. The SMILES string of the molecule is NC(=O)C[C@H](NNC(=O)NC(=O)c1ccc(N=C(N)N)nc1)C(=O)O. The lowest BCUT2D eigenvalue weighted by molar-refractivity contribution is -0.141. The number of aliphatic imine (C=N–C) groups is 1. The fourth-order valence-corrected chi connectivity index (χ4v) is 1.48. The molecule has 1 rings (SSSR count). The van der Waals surface area contributed by atoms with Gasteiger partial charge in [0.25, 0.3) is 5.91 Å². The number of hydrogen-bond donors (Lipinski definition) is 7. The number of nitrogens with zero attached hydrogens (tertiary/aromatic N) is 2. The van der Waals surface area contributed by atoms with Crippen LogP contribution >= 0.6 is 0 Å². The van der Waals surface area contributed by atoms with Crippen molar-refractivity contribution < 1.29 is 24.3 Å². The quantitative estimate of drug-likeness (QED) is 0.153. The summed E-state index contributed by atoms with van der Waals surface area (Å²) in [6.07, 6.45) is 0.574. The number of carbonyl (C=O) groups is 4. The van der Waals surface area contributed by atoms with Gasteiger partial charge in [-0.05, 0) is 12.1 Å². The number of guanidine groups is 1. The summed E-state index contributed by atoms with van der Waals surface area (Å²) in [5.74, 6) is -3.16. The first kappa shape index (κ1) is 19.3. The van der Waals surface area contributed by atoms with Crippen molar-refractivity contribution in [3.8, 4) is 0 Å². The van der Waals surface area contributed by atoms with Gasteiger partial charge in [0.15, 0.2) is 11.8 Å². The summed E-state index contributed by atoms with van der Waals surface area (Å²) in [4.78, 5) is 52.4. The highest BCUT2D eigenvalue weighted by Gasteiger charge is 2.20. The number of pyridine rings is 1. The topological polar surface area (TPSA) is 228 Å². The largest absolute Gasteiger partial charge is 0.480 e. The Balaban J connectivity index is 2.58. The number of amides is 4. The van der Waals surface area contributed by atoms with Gasteiger partial charge < -0.3 is 22.3 Å². The van der Waals surface area contributed by atoms with E-state index in [0.29, 0.717) is 0 Å². The predicted molar refractivity (Wildman–Crippen MR) is 84.1 cm³/mol. The van der Waals surface area contributed by atoms with Gasteiger partial charge in [-0.3, -0.25) is 25.1 Å². The molecule has 4 amide bonds. The summed E-state index contributed by atoms with van der Waals surface area (Å²) in [6, 6.07) is 0.170. The summed E-state index contributed by atoms with van der Waals surface area (Å²) in [5, 5.41) is 10.8. The molecule has 0 bridgehead atoms. The van der Waals surface area contributed by atoms with Crippen LogP contribution in [0.5, 0.6) is 0 Å². The number of rotatable bonds is 7. The Morgan fingerprint density at radius 2 is 1.88 bits per heavy atom. The van der Waals surface area contributed by atoms with Crippen molar-refractivity contribution in [2.24, 2.45) is 22.2 Å². The van der Waals surface area contributed by atoms with E-state index >= 15 is 0 Å². The molecule has 0 unspecified atom stereocenters. The molecule has 0 aliphatic carbocycles. The van der Waals surface area contributed by atoms with E-state index in [1.807, 2.05) is 10.7 Å². The monoisotopic (exact) mass is 352 g/mol. The van der Waals surface area contributed by atoms with Crippen molar-refractivity contribution in [1.82, 2.24) is 21.2 Å². The fourth-order valence-electron chi connectivity index (χ4n) is 1.48. The normalized spacial score (nSPS) is 11.0. The maximum absolute atomic E-state index is 11.8. The standard InChI is InChI=1S/C12H16N8O5/c13-7(21)3-6(10(23)24)19-20-12(25)18-9(22)5-1-2-8(16-4-5)17-11(14)15/h1-2,4,6,19H,3H2,(H2,13,21)(H,23,24)(H4,14,15,16,17)(H2,18,20,22,25)/t6-/m0/s1. The molecule has 1 aromatic heterocycles. The molecule has 0 saturated heterocycles. The molecule has 0 aromatic carbocycles. The molecule has 25 heavy (non-hydrogen) atoms. The maximum Gasteiger partial charge on any atom is 0.336 e. The van der Waals surface area contributed by atoms with Gasteiger partial charge in [-0.25, -0.2) is 15.2 Å². The van der Waals surface area contributed by atoms with Crippen LogP contribution in [0.2, 0.25) is 0 Å². The van der Waals surface area contributed by atoms with Crippen LogP contribution < -0.4 is 33.4 Å². The van der Waals surface area contributed by atoms with Gasteiger partial charge in [-0.15, -0.1) is 0 Å². The molecule has 1 atom stereocenters. The number of carboxylic acid groups (broad SMARTS) is 1. The number of nitrogens with one attached hydrogen (secondary N) is 3. The molecule has 13 heteroatoms.